The van der Waals surface area contributed by atoms with Crippen LogP contribution in [0.1, 0.15) is 17.2 Å². The first-order chi connectivity index (χ1) is 15.4. The van der Waals surface area contributed by atoms with Crippen molar-refractivity contribution in [1.82, 2.24) is 4.90 Å². The third-order valence-electron chi connectivity index (χ3n) is 6.40. The molecule has 0 N–H and O–H groups in total. The standard InChI is InChI=1S/C26H27NO4S/c1-27-19-22(18-20-12-6-3-7-13-20)26(25(28)31-2,24(27)21-14-8-4-9-15-21)32(29,30)23-16-10-5-11-17-23/h3-17,22,24H,18-19H2,1-2H3/t22?,24-,26+/m1/s1. The highest BCUT2D eigenvalue weighted by Crippen LogP contribution is 2.52. The Morgan fingerprint density at radius 2 is 1.47 bits per heavy atom. The first-order valence-corrected chi connectivity index (χ1v) is 12.1. The van der Waals surface area contributed by atoms with Crippen molar-refractivity contribution in [2.75, 3.05) is 20.7 Å². The molecule has 1 aliphatic heterocycles. The van der Waals surface area contributed by atoms with Gasteiger partial charge in [-0.05, 0) is 36.7 Å². The Kier molecular flexibility index (Phi) is 6.17. The number of carbonyl (C=O) groups is 1. The topological polar surface area (TPSA) is 63.7 Å². The van der Waals surface area contributed by atoms with Crippen molar-refractivity contribution in [3.8, 4) is 0 Å². The van der Waals surface area contributed by atoms with E-state index < -0.39 is 32.5 Å². The van der Waals surface area contributed by atoms with Crippen LogP contribution >= 0.6 is 0 Å². The maximum Gasteiger partial charge on any atom is 0.329 e. The van der Waals surface area contributed by atoms with Crippen LogP contribution in [0.25, 0.3) is 0 Å². The van der Waals surface area contributed by atoms with Gasteiger partial charge in [0.05, 0.1) is 18.0 Å². The molecule has 0 aromatic heterocycles. The van der Waals surface area contributed by atoms with Gasteiger partial charge in [-0.15, -0.1) is 0 Å². The summed E-state index contributed by atoms with van der Waals surface area (Å²) in [5.41, 5.74) is 1.76. The van der Waals surface area contributed by atoms with Crippen LogP contribution in [0, 0.1) is 5.92 Å². The van der Waals surface area contributed by atoms with Gasteiger partial charge in [0.2, 0.25) is 0 Å². The van der Waals surface area contributed by atoms with Gasteiger partial charge in [0.15, 0.2) is 14.6 Å². The van der Waals surface area contributed by atoms with Gasteiger partial charge in [-0.3, -0.25) is 9.69 Å². The van der Waals surface area contributed by atoms with Crippen molar-refractivity contribution in [3.63, 3.8) is 0 Å². The highest BCUT2D eigenvalue weighted by molar-refractivity contribution is 7.93. The minimum atomic E-state index is -4.13. The van der Waals surface area contributed by atoms with Crippen molar-refractivity contribution >= 4 is 15.8 Å². The number of nitrogens with zero attached hydrogens (tertiary/aromatic N) is 1. The maximum atomic E-state index is 14.4. The molecule has 3 aromatic carbocycles. The van der Waals surface area contributed by atoms with Crippen LogP contribution in [0.3, 0.4) is 0 Å². The number of hydrogen-bond acceptors (Lipinski definition) is 5. The summed E-state index contributed by atoms with van der Waals surface area (Å²) in [6.45, 7) is 0.440. The maximum absolute atomic E-state index is 14.4. The predicted octanol–water partition coefficient (Wildman–Crippen LogP) is 3.92. The number of carbonyl (C=O) groups excluding carboxylic acids is 1. The van der Waals surface area contributed by atoms with E-state index in [4.69, 9.17) is 4.74 Å². The molecule has 5 nitrogen and oxygen atoms in total. The van der Waals surface area contributed by atoms with E-state index in [-0.39, 0.29) is 4.90 Å². The molecule has 1 heterocycles. The number of esters is 1. The molecule has 0 spiro atoms. The monoisotopic (exact) mass is 449 g/mol. The van der Waals surface area contributed by atoms with Crippen LogP contribution in [0.15, 0.2) is 95.9 Å². The molecule has 32 heavy (non-hydrogen) atoms. The number of methoxy groups -OCH3 is 1. The zero-order valence-corrected chi connectivity index (χ0v) is 19.0. The van der Waals surface area contributed by atoms with Gasteiger partial charge in [-0.2, -0.15) is 0 Å². The second kappa shape index (κ2) is 8.88. The molecule has 1 fully saturated rings. The number of benzene rings is 3. The van der Waals surface area contributed by atoms with E-state index in [1.165, 1.54) is 7.11 Å². The molecule has 6 heteroatoms. The van der Waals surface area contributed by atoms with Crippen LogP contribution in [-0.2, 0) is 25.8 Å². The van der Waals surface area contributed by atoms with Gasteiger partial charge in [0, 0.05) is 12.5 Å². The lowest BCUT2D eigenvalue weighted by Gasteiger charge is -2.37. The zero-order valence-electron chi connectivity index (χ0n) is 18.2. The second-order valence-corrected chi connectivity index (χ2v) is 10.4. The van der Waals surface area contributed by atoms with Crippen molar-refractivity contribution in [3.05, 3.63) is 102 Å². The van der Waals surface area contributed by atoms with Crippen molar-refractivity contribution < 1.29 is 17.9 Å². The first-order valence-electron chi connectivity index (χ1n) is 10.6. The van der Waals surface area contributed by atoms with Crippen molar-refractivity contribution in [1.29, 1.82) is 0 Å². The number of sulfone groups is 1. The lowest BCUT2D eigenvalue weighted by Crippen LogP contribution is -2.55. The molecule has 166 valence electrons. The SMILES string of the molecule is COC(=O)[C@]1(S(=O)(=O)c2ccccc2)C(Cc2ccccc2)CN(C)[C@@H]1c1ccccc1. The molecule has 0 saturated carbocycles. The van der Waals surface area contributed by atoms with E-state index in [9.17, 15) is 13.2 Å². The fourth-order valence-electron chi connectivity index (χ4n) is 5.10. The lowest BCUT2D eigenvalue weighted by molar-refractivity contribution is -0.145. The molecule has 0 aliphatic carbocycles. The summed E-state index contributed by atoms with van der Waals surface area (Å²) >= 11 is 0. The van der Waals surface area contributed by atoms with Gasteiger partial charge in [-0.1, -0.05) is 78.9 Å². The van der Waals surface area contributed by atoms with E-state index in [1.807, 2.05) is 72.6 Å². The Morgan fingerprint density at radius 3 is 2.03 bits per heavy atom. The number of hydrogen-bond donors (Lipinski definition) is 0. The Morgan fingerprint density at radius 1 is 0.938 bits per heavy atom. The van der Waals surface area contributed by atoms with Gasteiger partial charge in [0.25, 0.3) is 0 Å². The van der Waals surface area contributed by atoms with Crippen molar-refractivity contribution in [2.45, 2.75) is 22.1 Å². The van der Waals surface area contributed by atoms with Crippen LogP contribution in [-0.4, -0.2) is 44.7 Å². The Balaban J connectivity index is 1.99. The predicted molar refractivity (Wildman–Crippen MR) is 124 cm³/mol. The third kappa shape index (κ3) is 3.53. The molecule has 4 rings (SSSR count). The van der Waals surface area contributed by atoms with E-state index in [0.29, 0.717) is 13.0 Å². The second-order valence-electron chi connectivity index (χ2n) is 8.24. The van der Waals surface area contributed by atoms with Crippen LogP contribution in [0.2, 0.25) is 0 Å². The van der Waals surface area contributed by atoms with E-state index in [2.05, 4.69) is 0 Å². The van der Waals surface area contributed by atoms with Crippen LogP contribution in [0.4, 0.5) is 0 Å². The normalized spacial score (nSPS) is 23.7. The summed E-state index contributed by atoms with van der Waals surface area (Å²) in [6, 6.07) is 26.6. The number of likely N-dealkylation sites (tertiary alicyclic amines) is 1. The molecule has 0 radical (unpaired) electrons. The molecule has 3 aromatic rings. The van der Waals surface area contributed by atoms with Gasteiger partial charge >= 0.3 is 5.97 Å². The smallest absolute Gasteiger partial charge is 0.329 e. The van der Waals surface area contributed by atoms with E-state index in [0.717, 1.165) is 11.1 Å². The molecule has 1 saturated heterocycles. The minimum Gasteiger partial charge on any atom is -0.468 e. The summed E-state index contributed by atoms with van der Waals surface area (Å²) in [7, 11) is -0.983. The largest absolute Gasteiger partial charge is 0.468 e. The van der Waals surface area contributed by atoms with Gasteiger partial charge < -0.3 is 4.74 Å². The molecule has 0 amide bonds. The van der Waals surface area contributed by atoms with Crippen molar-refractivity contribution in [2.24, 2.45) is 5.92 Å². The Hall–Kier alpha value is -2.96. The fourth-order valence-corrected chi connectivity index (χ4v) is 7.51. The number of ether oxygens (including phenoxy) is 1. The molecular weight excluding hydrogens is 422 g/mol. The summed E-state index contributed by atoms with van der Waals surface area (Å²) in [4.78, 5) is 15.8. The van der Waals surface area contributed by atoms with Gasteiger partial charge in [0.1, 0.15) is 0 Å². The average Bonchev–Trinajstić information content (AvgIpc) is 3.13. The van der Waals surface area contributed by atoms with Crippen LogP contribution in [0.5, 0.6) is 0 Å². The zero-order chi connectivity index (χ0) is 22.8. The molecule has 1 aliphatic rings. The van der Waals surface area contributed by atoms with E-state index in [1.54, 1.807) is 30.3 Å². The summed E-state index contributed by atoms with van der Waals surface area (Å²) in [5, 5.41) is 0. The van der Waals surface area contributed by atoms with Crippen LogP contribution < -0.4 is 0 Å². The number of rotatable bonds is 6. The lowest BCUT2D eigenvalue weighted by atomic mass is 9.82. The summed E-state index contributed by atoms with van der Waals surface area (Å²) in [6.07, 6.45) is 0.440. The minimum absolute atomic E-state index is 0.125. The fraction of sp³-hybridized carbons (Fsp3) is 0.269. The molecular formula is C26H27NO4S. The highest BCUT2D eigenvalue weighted by Gasteiger charge is 2.67. The highest BCUT2D eigenvalue weighted by atomic mass is 32.2. The summed E-state index contributed by atoms with van der Waals surface area (Å²) < 4.78 is 32.2. The van der Waals surface area contributed by atoms with E-state index >= 15 is 0 Å². The third-order valence-corrected chi connectivity index (χ3v) is 8.91. The molecule has 0 bridgehead atoms. The average molecular weight is 450 g/mol. The first kappa shape index (κ1) is 22.2. The Labute approximate surface area is 189 Å². The quantitative estimate of drug-likeness (QED) is 0.534. The Bertz CT molecular complexity index is 1170. The molecule has 1 unspecified atom stereocenters. The summed E-state index contributed by atoms with van der Waals surface area (Å²) in [5.74, 6) is -1.22. The molecule has 3 atom stereocenters. The van der Waals surface area contributed by atoms with Gasteiger partial charge in [-0.25, -0.2) is 8.42 Å².